The summed E-state index contributed by atoms with van der Waals surface area (Å²) in [6.07, 6.45) is 5.63. The number of rotatable bonds is 2. The van der Waals surface area contributed by atoms with Gasteiger partial charge in [0, 0.05) is 5.92 Å². The lowest BCUT2D eigenvalue weighted by atomic mass is 9.74. The standard InChI is InChI=1S/C39H24O/c40-22-37-34(33-13-10-25-9-8-23-6-3-7-24-11-15-35(33)39(25)38(23)24)14-12-28-18-31-19-29-16-26-4-1-2-5-27(26)17-30(29)20-32(31)21-36(28)37/h1-22,34,37H. The minimum Gasteiger partial charge on any atom is -0.303 e. The molecule has 1 heteroatoms. The molecule has 0 bridgehead atoms. The Kier molecular flexibility index (Phi) is 4.38. The molecule has 0 fully saturated rings. The van der Waals surface area contributed by atoms with Crippen LogP contribution in [0.1, 0.15) is 28.5 Å². The zero-order chi connectivity index (χ0) is 26.4. The van der Waals surface area contributed by atoms with Crippen molar-refractivity contribution in [3.63, 3.8) is 0 Å². The van der Waals surface area contributed by atoms with Crippen molar-refractivity contribution in [2.45, 2.75) is 11.8 Å². The van der Waals surface area contributed by atoms with E-state index in [-0.39, 0.29) is 11.8 Å². The molecule has 1 aliphatic carbocycles. The Balaban J connectivity index is 1.24. The van der Waals surface area contributed by atoms with Gasteiger partial charge in [-0.05, 0) is 118 Å². The average Bonchev–Trinajstić information content (AvgIpc) is 3.00. The smallest absolute Gasteiger partial charge is 0.128 e. The van der Waals surface area contributed by atoms with E-state index in [4.69, 9.17) is 0 Å². The molecule has 0 spiro atoms. The van der Waals surface area contributed by atoms with Crippen molar-refractivity contribution in [2.75, 3.05) is 0 Å². The fourth-order valence-electron chi connectivity index (χ4n) is 7.24. The summed E-state index contributed by atoms with van der Waals surface area (Å²) in [6.45, 7) is 0. The number of allylic oxidation sites excluding steroid dienone is 1. The first-order valence-corrected chi connectivity index (χ1v) is 14.0. The van der Waals surface area contributed by atoms with Gasteiger partial charge in [-0.3, -0.25) is 0 Å². The highest BCUT2D eigenvalue weighted by atomic mass is 16.1. The molecule has 1 aliphatic rings. The molecule has 0 saturated heterocycles. The lowest BCUT2D eigenvalue weighted by Crippen LogP contribution is -2.16. The van der Waals surface area contributed by atoms with Crippen LogP contribution >= 0.6 is 0 Å². The molecular weight excluding hydrogens is 484 g/mol. The van der Waals surface area contributed by atoms with Crippen LogP contribution in [0.3, 0.4) is 0 Å². The Labute approximate surface area is 231 Å². The van der Waals surface area contributed by atoms with Crippen LogP contribution in [-0.2, 0) is 4.79 Å². The van der Waals surface area contributed by atoms with Crippen molar-refractivity contribution < 1.29 is 4.79 Å². The molecule has 9 rings (SSSR count). The molecule has 0 radical (unpaired) electrons. The molecule has 0 aromatic heterocycles. The van der Waals surface area contributed by atoms with Gasteiger partial charge in [-0.15, -0.1) is 0 Å². The Morgan fingerprint density at radius 2 is 1.05 bits per heavy atom. The van der Waals surface area contributed by atoms with Crippen LogP contribution in [0.2, 0.25) is 0 Å². The predicted octanol–water partition coefficient (Wildman–Crippen LogP) is 10.1. The molecule has 1 nitrogen and oxygen atoms in total. The van der Waals surface area contributed by atoms with Crippen molar-refractivity contribution in [2.24, 2.45) is 0 Å². The summed E-state index contributed by atoms with van der Waals surface area (Å²) in [5.41, 5.74) is 3.47. The van der Waals surface area contributed by atoms with E-state index in [1.165, 1.54) is 70.2 Å². The molecule has 186 valence electrons. The van der Waals surface area contributed by atoms with Crippen LogP contribution in [0.25, 0.3) is 70.7 Å². The van der Waals surface area contributed by atoms with Gasteiger partial charge in [-0.1, -0.05) is 91.0 Å². The number of carbonyl (C=O) groups is 1. The molecule has 0 saturated carbocycles. The van der Waals surface area contributed by atoms with Gasteiger partial charge >= 0.3 is 0 Å². The van der Waals surface area contributed by atoms with E-state index in [1.54, 1.807) is 0 Å². The molecule has 0 aliphatic heterocycles. The van der Waals surface area contributed by atoms with Gasteiger partial charge < -0.3 is 4.79 Å². The van der Waals surface area contributed by atoms with Crippen molar-refractivity contribution in [3.8, 4) is 0 Å². The molecule has 2 unspecified atom stereocenters. The second-order valence-corrected chi connectivity index (χ2v) is 11.3. The number of hydrogen-bond acceptors (Lipinski definition) is 1. The predicted molar refractivity (Wildman–Crippen MR) is 170 cm³/mol. The van der Waals surface area contributed by atoms with E-state index in [0.29, 0.717) is 0 Å². The lowest BCUT2D eigenvalue weighted by molar-refractivity contribution is -0.109. The van der Waals surface area contributed by atoms with Gasteiger partial charge in [-0.25, -0.2) is 0 Å². The SMILES string of the molecule is O=CC1c2cc3cc4cc5ccccc5cc4cc3cc2C=CC1c1ccc2ccc3cccc4ccc1c2c34. The van der Waals surface area contributed by atoms with E-state index >= 15 is 0 Å². The summed E-state index contributed by atoms with van der Waals surface area (Å²) in [5, 5.41) is 15.0. The van der Waals surface area contributed by atoms with Crippen LogP contribution in [0, 0.1) is 0 Å². The summed E-state index contributed by atoms with van der Waals surface area (Å²) in [5.74, 6) is -0.258. The van der Waals surface area contributed by atoms with Gasteiger partial charge in [0.1, 0.15) is 6.29 Å². The summed E-state index contributed by atoms with van der Waals surface area (Å²) >= 11 is 0. The second kappa shape index (κ2) is 8.00. The molecule has 0 amide bonds. The van der Waals surface area contributed by atoms with Crippen LogP contribution < -0.4 is 0 Å². The Hall–Kier alpha value is -5.01. The Morgan fingerprint density at radius 1 is 0.475 bits per heavy atom. The van der Waals surface area contributed by atoms with E-state index in [2.05, 4.69) is 127 Å². The molecule has 0 heterocycles. The lowest BCUT2D eigenvalue weighted by Gasteiger charge is -2.28. The van der Waals surface area contributed by atoms with E-state index in [1.807, 2.05) is 0 Å². The number of hydrogen-bond donors (Lipinski definition) is 0. The van der Waals surface area contributed by atoms with Gasteiger partial charge in [0.05, 0.1) is 5.92 Å². The fourth-order valence-corrected chi connectivity index (χ4v) is 7.24. The van der Waals surface area contributed by atoms with Crippen LogP contribution in [0.4, 0.5) is 0 Å². The highest BCUT2D eigenvalue weighted by Gasteiger charge is 2.29. The topological polar surface area (TPSA) is 17.1 Å². The number of aldehydes is 1. The minimum absolute atomic E-state index is 0.0172. The Bertz CT molecular complexity index is 2340. The summed E-state index contributed by atoms with van der Waals surface area (Å²) in [4.78, 5) is 12.8. The third-order valence-electron chi connectivity index (χ3n) is 9.16. The van der Waals surface area contributed by atoms with Crippen LogP contribution in [0.5, 0.6) is 0 Å². The number of carbonyl (C=O) groups excluding carboxylic acids is 1. The third-order valence-corrected chi connectivity index (χ3v) is 9.16. The molecule has 8 aromatic rings. The van der Waals surface area contributed by atoms with E-state index in [0.717, 1.165) is 17.4 Å². The zero-order valence-electron chi connectivity index (χ0n) is 21.8. The maximum atomic E-state index is 12.8. The molecule has 40 heavy (non-hydrogen) atoms. The van der Waals surface area contributed by atoms with Crippen LogP contribution in [0.15, 0.2) is 121 Å². The number of fused-ring (bicyclic) bond motifs is 4. The first-order chi connectivity index (χ1) is 19.7. The summed E-state index contributed by atoms with van der Waals surface area (Å²) in [6, 6.07) is 42.0. The van der Waals surface area contributed by atoms with E-state index < -0.39 is 0 Å². The Morgan fingerprint density at radius 3 is 1.77 bits per heavy atom. The average molecular weight is 509 g/mol. The molecule has 0 N–H and O–H groups in total. The summed E-state index contributed by atoms with van der Waals surface area (Å²) < 4.78 is 0. The molecular formula is C39H24O. The minimum atomic E-state index is -0.241. The van der Waals surface area contributed by atoms with Gasteiger partial charge in [0.2, 0.25) is 0 Å². The maximum Gasteiger partial charge on any atom is 0.128 e. The monoisotopic (exact) mass is 508 g/mol. The highest BCUT2D eigenvalue weighted by Crippen LogP contribution is 2.45. The second-order valence-electron chi connectivity index (χ2n) is 11.3. The third kappa shape index (κ3) is 3.01. The normalized spacial score (nSPS) is 17.0. The molecule has 8 aromatic carbocycles. The quantitative estimate of drug-likeness (QED) is 0.129. The fraction of sp³-hybridized carbons (Fsp3) is 0.0513. The summed E-state index contributed by atoms with van der Waals surface area (Å²) in [7, 11) is 0. The maximum absolute atomic E-state index is 12.8. The van der Waals surface area contributed by atoms with E-state index in [9.17, 15) is 4.79 Å². The van der Waals surface area contributed by atoms with Crippen molar-refractivity contribution in [1.82, 2.24) is 0 Å². The highest BCUT2D eigenvalue weighted by molar-refractivity contribution is 6.23. The van der Waals surface area contributed by atoms with Crippen molar-refractivity contribution in [1.29, 1.82) is 0 Å². The van der Waals surface area contributed by atoms with Gasteiger partial charge in [-0.2, -0.15) is 0 Å². The van der Waals surface area contributed by atoms with Crippen molar-refractivity contribution in [3.05, 3.63) is 138 Å². The first kappa shape index (κ1) is 21.9. The largest absolute Gasteiger partial charge is 0.303 e. The zero-order valence-corrected chi connectivity index (χ0v) is 21.8. The van der Waals surface area contributed by atoms with Crippen molar-refractivity contribution >= 4 is 77.0 Å². The van der Waals surface area contributed by atoms with Gasteiger partial charge in [0.25, 0.3) is 0 Å². The first-order valence-electron chi connectivity index (χ1n) is 14.0. The van der Waals surface area contributed by atoms with Crippen LogP contribution in [-0.4, -0.2) is 6.29 Å². The van der Waals surface area contributed by atoms with Gasteiger partial charge in [0.15, 0.2) is 0 Å². The number of benzene rings is 8. The molecule has 2 atom stereocenters.